The summed E-state index contributed by atoms with van der Waals surface area (Å²) in [5.74, 6) is 0.171. The van der Waals surface area contributed by atoms with E-state index in [0.29, 0.717) is 18.2 Å². The van der Waals surface area contributed by atoms with Crippen LogP contribution in [0.1, 0.15) is 38.8 Å². The Kier molecular flexibility index (Phi) is 3.72. The number of rotatable bonds is 1. The van der Waals surface area contributed by atoms with Gasteiger partial charge in [0.05, 0.1) is 11.9 Å². The highest BCUT2D eigenvalue weighted by molar-refractivity contribution is 6.29. The van der Waals surface area contributed by atoms with Gasteiger partial charge in [0.15, 0.2) is 5.65 Å². The average molecular weight is 323 g/mol. The van der Waals surface area contributed by atoms with E-state index in [1.54, 1.807) is 15.6 Å². The van der Waals surface area contributed by atoms with Gasteiger partial charge in [-0.15, -0.1) is 0 Å². The van der Waals surface area contributed by atoms with Crippen LogP contribution in [-0.4, -0.2) is 44.3 Å². The number of halogens is 1. The predicted molar refractivity (Wildman–Crippen MR) is 83.2 cm³/mol. The van der Waals surface area contributed by atoms with Gasteiger partial charge in [-0.3, -0.25) is 0 Å². The fourth-order valence-corrected chi connectivity index (χ4v) is 2.84. The van der Waals surface area contributed by atoms with Crippen molar-refractivity contribution in [1.82, 2.24) is 19.5 Å². The summed E-state index contributed by atoms with van der Waals surface area (Å²) in [5.41, 5.74) is 1.13. The van der Waals surface area contributed by atoms with Gasteiger partial charge in [-0.2, -0.15) is 5.10 Å². The molecular weight excluding hydrogens is 304 g/mol. The Labute approximate surface area is 134 Å². The second-order valence-electron chi connectivity index (χ2n) is 6.52. The van der Waals surface area contributed by atoms with Crippen molar-refractivity contribution >= 4 is 23.3 Å². The summed E-state index contributed by atoms with van der Waals surface area (Å²) in [6.45, 7) is 6.87. The molecule has 1 atom stereocenters. The summed E-state index contributed by atoms with van der Waals surface area (Å²) in [4.78, 5) is 18.4. The second-order valence-corrected chi connectivity index (χ2v) is 6.90. The third kappa shape index (κ3) is 3.02. The molecule has 3 rings (SSSR count). The first-order chi connectivity index (χ1) is 10.3. The molecular formula is C15H19ClN4O2. The quantitative estimate of drug-likeness (QED) is 0.757. The van der Waals surface area contributed by atoms with Crippen molar-refractivity contribution in [2.75, 3.05) is 13.1 Å². The zero-order valence-electron chi connectivity index (χ0n) is 12.9. The predicted octanol–water partition coefficient (Wildman–Crippen LogP) is 3.11. The van der Waals surface area contributed by atoms with Gasteiger partial charge >= 0.3 is 6.09 Å². The van der Waals surface area contributed by atoms with Crippen molar-refractivity contribution in [2.45, 2.75) is 38.7 Å². The highest BCUT2D eigenvalue weighted by atomic mass is 35.5. The highest BCUT2D eigenvalue weighted by Gasteiger charge is 2.31. The molecule has 7 heteroatoms. The molecule has 0 radical (unpaired) electrons. The molecule has 6 nitrogen and oxygen atoms in total. The molecule has 0 spiro atoms. The number of likely N-dealkylation sites (tertiary alicyclic amines) is 1. The number of hydrogen-bond acceptors (Lipinski definition) is 4. The highest BCUT2D eigenvalue weighted by Crippen LogP contribution is 2.29. The SMILES string of the molecule is CC(C)(C)OC(=O)N1CCC(c2cc(Cl)n3nccc3n2)C1. The van der Waals surface area contributed by atoms with E-state index in [0.717, 1.165) is 17.8 Å². The maximum Gasteiger partial charge on any atom is 0.410 e. The third-order valence-electron chi connectivity index (χ3n) is 3.59. The van der Waals surface area contributed by atoms with E-state index in [1.807, 2.05) is 32.9 Å². The Morgan fingerprint density at radius 1 is 1.45 bits per heavy atom. The lowest BCUT2D eigenvalue weighted by Gasteiger charge is -2.24. The van der Waals surface area contributed by atoms with Crippen LogP contribution in [0.25, 0.3) is 5.65 Å². The lowest BCUT2D eigenvalue weighted by Crippen LogP contribution is -2.35. The average Bonchev–Trinajstić information content (AvgIpc) is 3.05. The van der Waals surface area contributed by atoms with Crippen LogP contribution in [-0.2, 0) is 4.74 Å². The number of fused-ring (bicyclic) bond motifs is 1. The second kappa shape index (κ2) is 5.43. The van der Waals surface area contributed by atoms with E-state index in [9.17, 15) is 4.79 Å². The number of amides is 1. The van der Waals surface area contributed by atoms with Crippen LogP contribution in [0.5, 0.6) is 0 Å². The molecule has 0 bridgehead atoms. The molecule has 3 heterocycles. The fraction of sp³-hybridized carbons (Fsp3) is 0.533. The molecule has 1 saturated heterocycles. The topological polar surface area (TPSA) is 59.7 Å². The van der Waals surface area contributed by atoms with Crippen LogP contribution in [0.4, 0.5) is 4.79 Å². The maximum absolute atomic E-state index is 12.1. The molecule has 1 aliphatic heterocycles. The maximum atomic E-state index is 12.1. The van der Waals surface area contributed by atoms with Crippen molar-refractivity contribution < 1.29 is 9.53 Å². The zero-order valence-corrected chi connectivity index (χ0v) is 13.7. The largest absolute Gasteiger partial charge is 0.444 e. The first kappa shape index (κ1) is 15.1. The summed E-state index contributed by atoms with van der Waals surface area (Å²) in [6, 6.07) is 3.64. The molecule has 2 aromatic heterocycles. The first-order valence-electron chi connectivity index (χ1n) is 7.31. The lowest BCUT2D eigenvalue weighted by molar-refractivity contribution is 0.0292. The summed E-state index contributed by atoms with van der Waals surface area (Å²) in [7, 11) is 0. The van der Waals surface area contributed by atoms with E-state index >= 15 is 0 Å². The smallest absolute Gasteiger partial charge is 0.410 e. The van der Waals surface area contributed by atoms with Gasteiger partial charge in [-0.25, -0.2) is 14.3 Å². The van der Waals surface area contributed by atoms with Crippen LogP contribution in [0.15, 0.2) is 18.3 Å². The third-order valence-corrected chi connectivity index (χ3v) is 3.86. The van der Waals surface area contributed by atoms with E-state index < -0.39 is 5.60 Å². The Morgan fingerprint density at radius 2 is 2.23 bits per heavy atom. The molecule has 22 heavy (non-hydrogen) atoms. The minimum atomic E-state index is -0.479. The molecule has 118 valence electrons. The van der Waals surface area contributed by atoms with Crippen molar-refractivity contribution in [3.63, 3.8) is 0 Å². The molecule has 1 unspecified atom stereocenters. The van der Waals surface area contributed by atoms with Crippen molar-refractivity contribution in [2.24, 2.45) is 0 Å². The molecule has 2 aromatic rings. The van der Waals surface area contributed by atoms with Gasteiger partial charge in [0.2, 0.25) is 0 Å². The Balaban J connectivity index is 1.75. The Bertz CT molecular complexity index is 707. The fourth-order valence-electron chi connectivity index (χ4n) is 2.60. The lowest BCUT2D eigenvalue weighted by atomic mass is 10.1. The molecule has 1 fully saturated rings. The summed E-state index contributed by atoms with van der Waals surface area (Å²) >= 11 is 6.22. The van der Waals surface area contributed by atoms with Crippen molar-refractivity contribution in [1.29, 1.82) is 0 Å². The number of nitrogens with zero attached hydrogens (tertiary/aromatic N) is 4. The number of ether oxygens (including phenoxy) is 1. The van der Waals surface area contributed by atoms with Crippen LogP contribution in [0, 0.1) is 0 Å². The van der Waals surface area contributed by atoms with Gasteiger partial charge < -0.3 is 9.64 Å². The van der Waals surface area contributed by atoms with Gasteiger partial charge in [-0.05, 0) is 33.3 Å². The Hall–Kier alpha value is -1.82. The first-order valence-corrected chi connectivity index (χ1v) is 7.69. The number of hydrogen-bond donors (Lipinski definition) is 0. The number of carbonyl (C=O) groups excluding carboxylic acids is 1. The zero-order chi connectivity index (χ0) is 15.9. The van der Waals surface area contributed by atoms with Gasteiger partial charge in [-0.1, -0.05) is 11.6 Å². The number of carbonyl (C=O) groups is 1. The molecule has 0 aliphatic carbocycles. The minimum absolute atomic E-state index is 0.171. The van der Waals surface area contributed by atoms with E-state index in [-0.39, 0.29) is 12.0 Å². The normalized spacial score (nSPS) is 18.9. The summed E-state index contributed by atoms with van der Waals surface area (Å²) < 4.78 is 7.00. The van der Waals surface area contributed by atoms with Crippen LogP contribution in [0.2, 0.25) is 5.15 Å². The molecule has 0 aromatic carbocycles. The van der Waals surface area contributed by atoms with E-state index in [4.69, 9.17) is 16.3 Å². The van der Waals surface area contributed by atoms with Crippen LogP contribution in [0.3, 0.4) is 0 Å². The Morgan fingerprint density at radius 3 is 2.95 bits per heavy atom. The molecule has 0 N–H and O–H groups in total. The van der Waals surface area contributed by atoms with E-state index in [2.05, 4.69) is 10.1 Å². The van der Waals surface area contributed by atoms with Crippen molar-refractivity contribution in [3.8, 4) is 0 Å². The van der Waals surface area contributed by atoms with E-state index in [1.165, 1.54) is 0 Å². The number of aromatic nitrogens is 3. The summed E-state index contributed by atoms with van der Waals surface area (Å²) in [5, 5.41) is 4.64. The van der Waals surface area contributed by atoms with Gasteiger partial charge in [0, 0.05) is 25.1 Å². The molecule has 1 amide bonds. The van der Waals surface area contributed by atoms with Gasteiger partial charge in [0.25, 0.3) is 0 Å². The van der Waals surface area contributed by atoms with Crippen LogP contribution >= 0.6 is 11.6 Å². The van der Waals surface area contributed by atoms with Crippen molar-refractivity contribution in [3.05, 3.63) is 29.2 Å². The minimum Gasteiger partial charge on any atom is -0.444 e. The molecule has 1 aliphatic rings. The summed E-state index contributed by atoms with van der Waals surface area (Å²) in [6.07, 6.45) is 2.25. The monoisotopic (exact) mass is 322 g/mol. The van der Waals surface area contributed by atoms with Gasteiger partial charge in [0.1, 0.15) is 10.8 Å². The standard InChI is InChI=1S/C15H19ClN4O2/c1-15(2,3)22-14(21)19-7-5-10(9-19)11-8-12(16)20-13(18-11)4-6-17-20/h4,6,8,10H,5,7,9H2,1-3H3. The molecule has 0 saturated carbocycles. The van der Waals surface area contributed by atoms with Crippen LogP contribution < -0.4 is 0 Å².